The minimum Gasteiger partial charge on any atom is -0.387 e. The summed E-state index contributed by atoms with van der Waals surface area (Å²) in [6, 6.07) is 14.3. The number of hydrogen-bond donors (Lipinski definition) is 4. The van der Waals surface area contributed by atoms with Gasteiger partial charge in [0.05, 0.1) is 18.8 Å². The van der Waals surface area contributed by atoms with Gasteiger partial charge < -0.3 is 29.3 Å². The van der Waals surface area contributed by atoms with Crippen molar-refractivity contribution < 1.29 is 29.3 Å². The maximum atomic E-state index is 13.0. The summed E-state index contributed by atoms with van der Waals surface area (Å²) in [4.78, 5) is 47.5. The number of rotatable bonds is 7. The molecule has 0 saturated carbocycles. The molecule has 1 saturated heterocycles. The molecule has 2 aromatic heterocycles. The molecule has 1 aliphatic heterocycles. The molecule has 4 rings (SSSR count). The normalized spacial score (nSPS) is 22.7. The molecular weight excluding hydrogens is 453 g/mol. The van der Waals surface area contributed by atoms with E-state index in [1.807, 2.05) is 36.4 Å². The van der Waals surface area contributed by atoms with E-state index in [0.717, 1.165) is 26.3 Å². The Bertz CT molecular complexity index is 1200. The van der Waals surface area contributed by atoms with Crippen molar-refractivity contribution in [2.45, 2.75) is 31.1 Å². The minimum absolute atomic E-state index is 0.106. The number of ether oxygens (including phenoxy) is 1. The predicted octanol–water partition coefficient (Wildman–Crippen LogP) is -0.0324. The van der Waals surface area contributed by atoms with Crippen LogP contribution in [0.4, 0.5) is 0 Å². The molecule has 4 N–H and O–H groups in total. The molecule has 0 radical (unpaired) electrons. The van der Waals surface area contributed by atoms with Crippen LogP contribution < -0.4 is 11.2 Å². The molecule has 3 heterocycles. The average Bonchev–Trinajstić information content (AvgIpc) is 3.10. The third kappa shape index (κ3) is 5.10. The van der Waals surface area contributed by atoms with Gasteiger partial charge >= 0.3 is 14.3 Å². The van der Waals surface area contributed by atoms with Gasteiger partial charge in [-0.25, -0.2) is 4.79 Å². The van der Waals surface area contributed by atoms with Gasteiger partial charge in [0.2, 0.25) is 0 Å². The maximum absolute atomic E-state index is 13.0. The van der Waals surface area contributed by atoms with Gasteiger partial charge in [-0.1, -0.05) is 36.4 Å². The molecule has 4 atom stereocenters. The molecule has 174 valence electrons. The molecule has 0 amide bonds. The summed E-state index contributed by atoms with van der Waals surface area (Å²) in [6.45, 7) is -0.510. The van der Waals surface area contributed by atoms with Crippen LogP contribution in [0, 0.1) is 0 Å². The van der Waals surface area contributed by atoms with E-state index in [1.54, 1.807) is 12.3 Å². The van der Waals surface area contributed by atoms with E-state index >= 15 is 0 Å². The van der Waals surface area contributed by atoms with Gasteiger partial charge in [0.15, 0.2) is 6.23 Å². The van der Waals surface area contributed by atoms with Gasteiger partial charge in [0.25, 0.3) is 5.56 Å². The zero-order chi connectivity index (χ0) is 23.5. The Hall–Kier alpha value is -2.76. The summed E-state index contributed by atoms with van der Waals surface area (Å²) in [7, 11) is -2.67. The van der Waals surface area contributed by atoms with Crippen LogP contribution in [0.3, 0.4) is 0 Å². The number of pyridine rings is 1. The fourth-order valence-corrected chi connectivity index (χ4v) is 3.87. The highest BCUT2D eigenvalue weighted by Gasteiger charge is 2.44. The van der Waals surface area contributed by atoms with Crippen LogP contribution in [-0.2, 0) is 15.8 Å². The van der Waals surface area contributed by atoms with Crippen molar-refractivity contribution in [3.8, 4) is 11.1 Å². The van der Waals surface area contributed by atoms with Crippen molar-refractivity contribution in [1.82, 2.24) is 14.1 Å². The van der Waals surface area contributed by atoms with Crippen LogP contribution in [0.2, 0.25) is 0 Å². The summed E-state index contributed by atoms with van der Waals surface area (Å²) < 4.78 is 12.1. The molecule has 3 aromatic rings. The number of aliphatic hydroxyl groups is 2. The monoisotopic (exact) mass is 475 g/mol. The van der Waals surface area contributed by atoms with Crippen LogP contribution in [0.5, 0.6) is 0 Å². The topological polar surface area (TPSA) is 156 Å². The summed E-state index contributed by atoms with van der Waals surface area (Å²) in [6.07, 6.45) is -2.53. The Labute approximate surface area is 188 Å². The molecule has 0 aliphatic carbocycles. The fraction of sp³-hybridized carbons (Fsp3) is 0.286. The molecule has 0 bridgehead atoms. The molecule has 0 spiro atoms. The quantitative estimate of drug-likeness (QED) is 0.345. The first-order chi connectivity index (χ1) is 15.8. The second-order valence-corrected chi connectivity index (χ2v) is 8.19. The Kier molecular flexibility index (Phi) is 7.11. The van der Waals surface area contributed by atoms with Crippen LogP contribution in [-0.4, -0.2) is 59.0 Å². The lowest BCUT2D eigenvalue weighted by molar-refractivity contribution is -0.0531. The molecule has 11 nitrogen and oxygen atoms in total. The molecule has 33 heavy (non-hydrogen) atoms. The van der Waals surface area contributed by atoms with Crippen molar-refractivity contribution >= 4 is 8.60 Å². The average molecular weight is 475 g/mol. The lowest BCUT2D eigenvalue weighted by Crippen LogP contribution is -2.43. The Morgan fingerprint density at radius 1 is 1.00 bits per heavy atom. The first-order valence-corrected chi connectivity index (χ1v) is 11.2. The van der Waals surface area contributed by atoms with Crippen LogP contribution in [0.15, 0.2) is 70.5 Å². The number of hydrogen-bond acceptors (Lipinski definition) is 9. The molecule has 4 unspecified atom stereocenters. The molecule has 1 aromatic carbocycles. The van der Waals surface area contributed by atoms with Crippen LogP contribution >= 0.6 is 8.60 Å². The maximum Gasteiger partial charge on any atom is 0.333 e. The number of aliphatic hydroxyl groups excluding tert-OH is 2. The molecular formula is C21H22N3O8P. The number of aromatic nitrogens is 3. The number of nitrogens with zero attached hydrogens (tertiary/aromatic N) is 3. The lowest BCUT2D eigenvalue weighted by atomic mass is 10.1. The van der Waals surface area contributed by atoms with Gasteiger partial charge in [-0.2, -0.15) is 0 Å². The Balaban J connectivity index is 1.56. The third-order valence-corrected chi connectivity index (χ3v) is 5.69. The van der Waals surface area contributed by atoms with E-state index in [4.69, 9.17) is 14.5 Å². The highest BCUT2D eigenvalue weighted by atomic mass is 31.2. The second kappa shape index (κ2) is 10.0. The molecule has 1 fully saturated rings. The van der Waals surface area contributed by atoms with E-state index in [-0.39, 0.29) is 6.54 Å². The van der Waals surface area contributed by atoms with Crippen molar-refractivity contribution in [2.24, 2.45) is 0 Å². The summed E-state index contributed by atoms with van der Waals surface area (Å²) >= 11 is 0. The van der Waals surface area contributed by atoms with E-state index in [0.29, 0.717) is 5.69 Å². The summed E-state index contributed by atoms with van der Waals surface area (Å²) in [5.74, 6) is 0. The van der Waals surface area contributed by atoms with E-state index in [1.165, 1.54) is 6.20 Å². The van der Waals surface area contributed by atoms with Gasteiger partial charge in [-0.15, -0.1) is 0 Å². The van der Waals surface area contributed by atoms with Crippen LogP contribution in [0.25, 0.3) is 11.1 Å². The van der Waals surface area contributed by atoms with E-state index in [2.05, 4.69) is 9.51 Å². The summed E-state index contributed by atoms with van der Waals surface area (Å²) in [5, 5.41) is 20.5. The SMILES string of the molecule is O=c1ccn(C2OC(COP(O)O)C(O)C2O)c(=O)n1Cc1ccc(-c2ccccc2)cn1. The highest BCUT2D eigenvalue weighted by molar-refractivity contribution is 7.39. The van der Waals surface area contributed by atoms with Gasteiger partial charge in [0.1, 0.15) is 18.3 Å². The van der Waals surface area contributed by atoms with Gasteiger partial charge in [-0.3, -0.25) is 18.9 Å². The third-order valence-electron chi connectivity index (χ3n) is 5.31. The van der Waals surface area contributed by atoms with Gasteiger partial charge in [0, 0.05) is 24.0 Å². The number of benzene rings is 1. The lowest BCUT2D eigenvalue weighted by Gasteiger charge is -2.18. The Morgan fingerprint density at radius 3 is 2.42 bits per heavy atom. The van der Waals surface area contributed by atoms with Crippen molar-refractivity contribution in [3.05, 3.63) is 87.5 Å². The van der Waals surface area contributed by atoms with E-state index in [9.17, 15) is 19.8 Å². The van der Waals surface area contributed by atoms with Crippen LogP contribution in [0.1, 0.15) is 11.9 Å². The fourth-order valence-electron chi connectivity index (χ4n) is 3.59. The van der Waals surface area contributed by atoms with E-state index < -0.39 is 51.0 Å². The first-order valence-electron chi connectivity index (χ1n) is 10.00. The predicted molar refractivity (Wildman–Crippen MR) is 117 cm³/mol. The summed E-state index contributed by atoms with van der Waals surface area (Å²) in [5.41, 5.74) is 1.02. The minimum atomic E-state index is -2.67. The van der Waals surface area contributed by atoms with Crippen molar-refractivity contribution in [2.75, 3.05) is 6.61 Å². The first kappa shape index (κ1) is 23.4. The highest BCUT2D eigenvalue weighted by Crippen LogP contribution is 2.32. The molecule has 12 heteroatoms. The molecule has 1 aliphatic rings. The Morgan fingerprint density at radius 2 is 1.76 bits per heavy atom. The second-order valence-electron chi connectivity index (χ2n) is 7.43. The van der Waals surface area contributed by atoms with Crippen molar-refractivity contribution in [1.29, 1.82) is 0 Å². The zero-order valence-corrected chi connectivity index (χ0v) is 18.1. The standard InChI is InChI=1S/C21H22N3O8P/c25-17-8-9-23(20-19(27)18(26)16(32-20)12-31-33(29)30)21(28)24(17)11-15-7-6-14(10-22-15)13-4-2-1-3-5-13/h1-10,16,18-20,26-27,29-30H,11-12H2. The van der Waals surface area contributed by atoms with Gasteiger partial charge in [-0.05, 0) is 11.6 Å². The zero-order valence-electron chi connectivity index (χ0n) is 17.2. The smallest absolute Gasteiger partial charge is 0.333 e. The van der Waals surface area contributed by atoms with Crippen molar-refractivity contribution in [3.63, 3.8) is 0 Å². The largest absolute Gasteiger partial charge is 0.387 e.